The van der Waals surface area contributed by atoms with E-state index in [0.717, 1.165) is 11.1 Å². The van der Waals surface area contributed by atoms with Crippen molar-refractivity contribution >= 4 is 40.3 Å². The molecule has 0 aromatic heterocycles. The molecule has 0 spiro atoms. The number of thiocarbonyl (C=S) groups is 1. The van der Waals surface area contributed by atoms with Gasteiger partial charge in [-0.3, -0.25) is 4.79 Å². The quantitative estimate of drug-likeness (QED) is 0.674. The van der Waals surface area contributed by atoms with E-state index in [2.05, 4.69) is 5.32 Å². The number of ether oxygens (including phenoxy) is 1. The van der Waals surface area contributed by atoms with E-state index >= 15 is 0 Å². The number of rotatable bonds is 4. The average Bonchev–Trinajstić information content (AvgIpc) is 2.84. The summed E-state index contributed by atoms with van der Waals surface area (Å²) in [6.45, 7) is 0.296. The second-order valence-corrected chi connectivity index (χ2v) is 6.56. The van der Waals surface area contributed by atoms with Crippen LogP contribution in [-0.4, -0.2) is 10.2 Å². The van der Waals surface area contributed by atoms with E-state index in [4.69, 9.17) is 17.0 Å². The molecular formula is C17H12FNO2S2. The normalized spacial score (nSPS) is 15.8. The number of nitrogens with one attached hydrogen (secondary N) is 1. The first kappa shape index (κ1) is 15.7. The molecule has 0 unspecified atom stereocenters. The molecule has 1 aliphatic rings. The van der Waals surface area contributed by atoms with E-state index in [1.165, 1.54) is 23.9 Å². The van der Waals surface area contributed by atoms with Gasteiger partial charge in [-0.25, -0.2) is 4.39 Å². The van der Waals surface area contributed by atoms with Crippen molar-refractivity contribution in [2.45, 2.75) is 6.61 Å². The Morgan fingerprint density at radius 2 is 2.00 bits per heavy atom. The highest BCUT2D eigenvalue weighted by Crippen LogP contribution is 2.26. The first-order chi connectivity index (χ1) is 11.1. The predicted molar refractivity (Wildman–Crippen MR) is 93.5 cm³/mol. The van der Waals surface area contributed by atoms with Gasteiger partial charge in [0.25, 0.3) is 5.91 Å². The van der Waals surface area contributed by atoms with E-state index in [9.17, 15) is 9.18 Å². The van der Waals surface area contributed by atoms with Gasteiger partial charge in [0.1, 0.15) is 22.5 Å². The molecule has 0 bridgehead atoms. The third-order valence-electron chi connectivity index (χ3n) is 3.11. The molecule has 1 saturated heterocycles. The topological polar surface area (TPSA) is 38.3 Å². The van der Waals surface area contributed by atoms with Crippen molar-refractivity contribution in [3.05, 3.63) is 70.4 Å². The predicted octanol–water partition coefficient (Wildman–Crippen LogP) is 3.89. The number of halogens is 1. The zero-order valence-electron chi connectivity index (χ0n) is 11.9. The minimum absolute atomic E-state index is 0.175. The molecule has 1 aliphatic heterocycles. The smallest absolute Gasteiger partial charge is 0.263 e. The number of thioether (sulfide) groups is 1. The Labute approximate surface area is 142 Å². The summed E-state index contributed by atoms with van der Waals surface area (Å²) >= 11 is 6.19. The SMILES string of the molecule is O=C1NC(=S)S/C1=C/c1ccc(OCc2cccc(F)c2)cc1. The highest BCUT2D eigenvalue weighted by atomic mass is 32.2. The average molecular weight is 345 g/mol. The fraction of sp³-hybridized carbons (Fsp3) is 0.0588. The molecule has 0 radical (unpaired) electrons. The van der Waals surface area contributed by atoms with Crippen LogP contribution in [0.5, 0.6) is 5.75 Å². The fourth-order valence-electron chi connectivity index (χ4n) is 2.03. The molecule has 0 saturated carbocycles. The van der Waals surface area contributed by atoms with Gasteiger partial charge in [-0.1, -0.05) is 48.2 Å². The summed E-state index contributed by atoms with van der Waals surface area (Å²) in [6.07, 6.45) is 1.77. The maximum absolute atomic E-state index is 13.1. The van der Waals surface area contributed by atoms with Gasteiger partial charge < -0.3 is 10.1 Å². The lowest BCUT2D eigenvalue weighted by atomic mass is 10.2. The third-order valence-corrected chi connectivity index (χ3v) is 4.28. The van der Waals surface area contributed by atoms with E-state index in [0.29, 0.717) is 21.6 Å². The molecular weight excluding hydrogens is 333 g/mol. The van der Waals surface area contributed by atoms with Crippen LogP contribution in [0.25, 0.3) is 6.08 Å². The van der Waals surface area contributed by atoms with Gasteiger partial charge in [0.2, 0.25) is 0 Å². The summed E-state index contributed by atoms with van der Waals surface area (Å²) < 4.78 is 19.2. The summed E-state index contributed by atoms with van der Waals surface area (Å²) in [5.74, 6) is 0.222. The van der Waals surface area contributed by atoms with E-state index in [1.807, 2.05) is 24.3 Å². The van der Waals surface area contributed by atoms with Gasteiger partial charge in [-0.2, -0.15) is 0 Å². The van der Waals surface area contributed by atoms with Gasteiger partial charge in [0.05, 0.1) is 4.91 Å². The Morgan fingerprint density at radius 1 is 1.22 bits per heavy atom. The maximum atomic E-state index is 13.1. The minimum atomic E-state index is -0.279. The summed E-state index contributed by atoms with van der Waals surface area (Å²) in [4.78, 5) is 12.2. The van der Waals surface area contributed by atoms with Gasteiger partial charge in [0, 0.05) is 0 Å². The number of carbonyl (C=O) groups is 1. The molecule has 0 aliphatic carbocycles. The molecule has 2 aromatic rings. The monoisotopic (exact) mass is 345 g/mol. The second kappa shape index (κ2) is 6.93. The van der Waals surface area contributed by atoms with E-state index in [1.54, 1.807) is 18.2 Å². The van der Waals surface area contributed by atoms with Gasteiger partial charge in [-0.15, -0.1) is 0 Å². The van der Waals surface area contributed by atoms with Crippen molar-refractivity contribution in [2.75, 3.05) is 0 Å². The zero-order valence-corrected chi connectivity index (χ0v) is 13.5. The van der Waals surface area contributed by atoms with Crippen LogP contribution in [0, 0.1) is 5.82 Å². The van der Waals surface area contributed by atoms with Gasteiger partial charge in [0.15, 0.2) is 0 Å². The maximum Gasteiger partial charge on any atom is 0.263 e. The lowest BCUT2D eigenvalue weighted by Crippen LogP contribution is -2.17. The van der Waals surface area contributed by atoms with Crippen molar-refractivity contribution in [2.24, 2.45) is 0 Å². The highest BCUT2D eigenvalue weighted by Gasteiger charge is 2.21. The van der Waals surface area contributed by atoms with Crippen LogP contribution >= 0.6 is 24.0 Å². The van der Waals surface area contributed by atoms with Crippen LogP contribution in [0.4, 0.5) is 4.39 Å². The van der Waals surface area contributed by atoms with Crippen LogP contribution in [0.1, 0.15) is 11.1 Å². The Bertz CT molecular complexity index is 787. The summed E-state index contributed by atoms with van der Waals surface area (Å²) in [5, 5.41) is 2.57. The fourth-order valence-corrected chi connectivity index (χ4v) is 3.07. The van der Waals surface area contributed by atoms with E-state index < -0.39 is 0 Å². The Morgan fingerprint density at radius 3 is 2.65 bits per heavy atom. The molecule has 23 heavy (non-hydrogen) atoms. The largest absolute Gasteiger partial charge is 0.489 e. The zero-order chi connectivity index (χ0) is 16.2. The van der Waals surface area contributed by atoms with Crippen molar-refractivity contribution in [3.8, 4) is 5.75 Å². The Hall–Kier alpha value is -2.18. The van der Waals surface area contributed by atoms with Crippen LogP contribution in [0.15, 0.2) is 53.4 Å². The van der Waals surface area contributed by atoms with Crippen molar-refractivity contribution < 1.29 is 13.9 Å². The van der Waals surface area contributed by atoms with Crippen LogP contribution in [0.2, 0.25) is 0 Å². The highest BCUT2D eigenvalue weighted by molar-refractivity contribution is 8.26. The first-order valence-electron chi connectivity index (χ1n) is 6.82. The lowest BCUT2D eigenvalue weighted by Gasteiger charge is -2.06. The minimum Gasteiger partial charge on any atom is -0.489 e. The van der Waals surface area contributed by atoms with Gasteiger partial charge >= 0.3 is 0 Å². The third kappa shape index (κ3) is 4.18. The first-order valence-corrected chi connectivity index (χ1v) is 8.05. The molecule has 1 heterocycles. The molecule has 3 nitrogen and oxygen atoms in total. The molecule has 6 heteroatoms. The number of benzene rings is 2. The van der Waals surface area contributed by atoms with Crippen molar-refractivity contribution in [3.63, 3.8) is 0 Å². The molecule has 1 fully saturated rings. The molecule has 0 atom stereocenters. The Balaban J connectivity index is 1.64. The summed E-state index contributed by atoms with van der Waals surface area (Å²) in [6, 6.07) is 13.6. The number of hydrogen-bond acceptors (Lipinski definition) is 4. The van der Waals surface area contributed by atoms with Crippen molar-refractivity contribution in [1.82, 2.24) is 5.32 Å². The molecule has 116 valence electrons. The number of hydrogen-bond donors (Lipinski definition) is 1. The van der Waals surface area contributed by atoms with Gasteiger partial charge in [-0.05, 0) is 41.5 Å². The molecule has 2 aromatic carbocycles. The lowest BCUT2D eigenvalue weighted by molar-refractivity contribution is -0.115. The molecule has 3 rings (SSSR count). The number of amides is 1. The number of carbonyl (C=O) groups excluding carboxylic acids is 1. The second-order valence-electron chi connectivity index (χ2n) is 4.84. The van der Waals surface area contributed by atoms with Crippen LogP contribution < -0.4 is 10.1 Å². The van der Waals surface area contributed by atoms with Crippen molar-refractivity contribution in [1.29, 1.82) is 0 Å². The molecule has 1 N–H and O–H groups in total. The summed E-state index contributed by atoms with van der Waals surface area (Å²) in [7, 11) is 0. The Kier molecular flexibility index (Phi) is 4.73. The van der Waals surface area contributed by atoms with E-state index in [-0.39, 0.29) is 11.7 Å². The summed E-state index contributed by atoms with van der Waals surface area (Å²) in [5.41, 5.74) is 1.65. The van der Waals surface area contributed by atoms with Crippen LogP contribution in [0.3, 0.4) is 0 Å². The standard InChI is InChI=1S/C17H12FNO2S2/c18-13-3-1-2-12(8-13)10-21-14-6-4-11(5-7-14)9-15-16(20)19-17(22)23-15/h1-9H,10H2,(H,19,20,22)/b15-9+. The molecule has 1 amide bonds. The van der Waals surface area contributed by atoms with Crippen LogP contribution in [-0.2, 0) is 11.4 Å².